The van der Waals surface area contributed by atoms with Gasteiger partial charge in [0.15, 0.2) is 0 Å². The van der Waals surface area contributed by atoms with E-state index < -0.39 is 0 Å². The van der Waals surface area contributed by atoms with Crippen molar-refractivity contribution in [3.05, 3.63) is 40.2 Å². The first kappa shape index (κ1) is 19.5. The summed E-state index contributed by atoms with van der Waals surface area (Å²) in [6, 6.07) is 5.72. The van der Waals surface area contributed by atoms with Crippen LogP contribution in [0, 0.1) is 5.41 Å². The Kier molecular flexibility index (Phi) is 6.61. The molecule has 0 aliphatic heterocycles. The lowest BCUT2D eigenvalue weighted by Gasteiger charge is -2.18. The van der Waals surface area contributed by atoms with Gasteiger partial charge in [-0.3, -0.25) is 9.59 Å². The lowest BCUT2D eigenvalue weighted by molar-refractivity contribution is -0.114. The van der Waals surface area contributed by atoms with Gasteiger partial charge in [0.2, 0.25) is 5.91 Å². The number of nitrogens with one attached hydrogen (secondary N) is 2. The number of amides is 2. The van der Waals surface area contributed by atoms with Crippen molar-refractivity contribution in [2.24, 2.45) is 5.41 Å². The van der Waals surface area contributed by atoms with Gasteiger partial charge in [-0.2, -0.15) is 0 Å². The fourth-order valence-corrected chi connectivity index (χ4v) is 3.98. The predicted molar refractivity (Wildman–Crippen MR) is 104 cm³/mol. The third-order valence-electron chi connectivity index (χ3n) is 3.14. The van der Waals surface area contributed by atoms with Crippen molar-refractivity contribution < 1.29 is 9.59 Å². The fourth-order valence-electron chi connectivity index (χ4n) is 1.98. The molecule has 0 aromatic carbocycles. The highest BCUT2D eigenvalue weighted by atomic mass is 32.2. The molecule has 2 N–H and O–H groups in total. The Bertz CT molecular complexity index is 751. The summed E-state index contributed by atoms with van der Waals surface area (Å²) in [5.74, 6) is 1.07. The Balaban J connectivity index is 1.99. The van der Waals surface area contributed by atoms with Crippen LogP contribution in [0.3, 0.4) is 0 Å². The molecular formula is C18H23N3O2S2. The Morgan fingerprint density at radius 2 is 2.04 bits per heavy atom. The highest BCUT2D eigenvalue weighted by molar-refractivity contribution is 7.98. The van der Waals surface area contributed by atoms with E-state index in [2.05, 4.69) is 36.4 Å². The number of aromatic nitrogens is 1. The molecule has 0 bridgehead atoms. The standard InChI is InChI=1S/C18H23N3O2S2/c1-12(22)21-15-9-13(5-7-19-15)10-25-14-6-8-24-16(14)17(23)20-11-18(2,3)4/h5-9H,10-11H2,1-4H3,(H,20,23)(H,19,21,22). The van der Waals surface area contributed by atoms with Crippen LogP contribution in [0.25, 0.3) is 0 Å². The predicted octanol–water partition coefficient (Wildman–Crippen LogP) is 4.17. The molecule has 2 amide bonds. The summed E-state index contributed by atoms with van der Waals surface area (Å²) >= 11 is 3.06. The summed E-state index contributed by atoms with van der Waals surface area (Å²) in [5, 5.41) is 7.61. The lowest BCUT2D eigenvalue weighted by Crippen LogP contribution is -2.32. The van der Waals surface area contributed by atoms with Crippen molar-refractivity contribution in [1.29, 1.82) is 0 Å². The summed E-state index contributed by atoms with van der Waals surface area (Å²) in [7, 11) is 0. The quantitative estimate of drug-likeness (QED) is 0.741. The summed E-state index contributed by atoms with van der Waals surface area (Å²) < 4.78 is 0. The number of hydrogen-bond donors (Lipinski definition) is 2. The number of carbonyl (C=O) groups is 2. The second kappa shape index (κ2) is 8.49. The van der Waals surface area contributed by atoms with Gasteiger partial charge in [0.1, 0.15) is 10.7 Å². The number of rotatable bonds is 6. The number of pyridine rings is 1. The Morgan fingerprint density at radius 1 is 1.28 bits per heavy atom. The molecule has 2 aromatic heterocycles. The zero-order valence-electron chi connectivity index (χ0n) is 14.9. The molecule has 0 aliphatic carbocycles. The number of thioether (sulfide) groups is 1. The van der Waals surface area contributed by atoms with Crippen molar-refractivity contribution in [1.82, 2.24) is 10.3 Å². The zero-order chi connectivity index (χ0) is 18.4. The summed E-state index contributed by atoms with van der Waals surface area (Å²) in [4.78, 5) is 29.3. The van der Waals surface area contributed by atoms with E-state index in [1.807, 2.05) is 23.6 Å². The molecule has 0 unspecified atom stereocenters. The molecule has 0 radical (unpaired) electrons. The van der Waals surface area contributed by atoms with E-state index in [-0.39, 0.29) is 17.2 Å². The molecule has 0 spiro atoms. The van der Waals surface area contributed by atoms with Gasteiger partial charge in [-0.05, 0) is 34.6 Å². The average Bonchev–Trinajstić information content (AvgIpc) is 2.98. The van der Waals surface area contributed by atoms with E-state index in [0.717, 1.165) is 15.3 Å². The second-order valence-electron chi connectivity index (χ2n) is 6.88. The normalized spacial score (nSPS) is 11.2. The van der Waals surface area contributed by atoms with E-state index in [0.29, 0.717) is 18.1 Å². The molecule has 2 heterocycles. The van der Waals surface area contributed by atoms with Crippen LogP contribution in [0.2, 0.25) is 0 Å². The van der Waals surface area contributed by atoms with Crippen LogP contribution in [-0.2, 0) is 10.5 Å². The van der Waals surface area contributed by atoms with Gasteiger partial charge in [-0.1, -0.05) is 20.8 Å². The minimum atomic E-state index is -0.145. The van der Waals surface area contributed by atoms with Crippen LogP contribution in [0.4, 0.5) is 5.82 Å². The van der Waals surface area contributed by atoms with Crippen molar-refractivity contribution in [3.63, 3.8) is 0 Å². The van der Waals surface area contributed by atoms with Crippen molar-refractivity contribution in [3.8, 4) is 0 Å². The first-order valence-electron chi connectivity index (χ1n) is 7.95. The molecule has 0 atom stereocenters. The van der Waals surface area contributed by atoms with Gasteiger partial charge < -0.3 is 10.6 Å². The highest BCUT2D eigenvalue weighted by Crippen LogP contribution is 2.30. The maximum atomic E-state index is 12.4. The van der Waals surface area contributed by atoms with Crippen molar-refractivity contribution >= 4 is 40.7 Å². The fraction of sp³-hybridized carbons (Fsp3) is 0.389. The molecule has 0 saturated carbocycles. The summed E-state index contributed by atoms with van der Waals surface area (Å²) in [5.41, 5.74) is 1.09. The first-order chi connectivity index (χ1) is 11.7. The largest absolute Gasteiger partial charge is 0.351 e. The monoisotopic (exact) mass is 377 g/mol. The minimum Gasteiger partial charge on any atom is -0.351 e. The van der Waals surface area contributed by atoms with Gasteiger partial charge in [0.05, 0.1) is 0 Å². The maximum Gasteiger partial charge on any atom is 0.262 e. The van der Waals surface area contributed by atoms with E-state index in [1.54, 1.807) is 18.0 Å². The van der Waals surface area contributed by atoms with Crippen LogP contribution in [0.15, 0.2) is 34.7 Å². The van der Waals surface area contributed by atoms with E-state index in [9.17, 15) is 9.59 Å². The Morgan fingerprint density at radius 3 is 2.72 bits per heavy atom. The third kappa shape index (κ3) is 6.51. The van der Waals surface area contributed by atoms with Gasteiger partial charge in [-0.25, -0.2) is 4.98 Å². The summed E-state index contributed by atoms with van der Waals surface area (Å²) in [6.45, 7) is 8.36. The molecule has 134 valence electrons. The van der Waals surface area contributed by atoms with Crippen LogP contribution >= 0.6 is 23.1 Å². The van der Waals surface area contributed by atoms with E-state index in [1.165, 1.54) is 18.3 Å². The Labute approximate surface area is 156 Å². The number of nitrogens with zero attached hydrogens (tertiary/aromatic N) is 1. The molecular weight excluding hydrogens is 354 g/mol. The number of anilines is 1. The van der Waals surface area contributed by atoms with Crippen LogP contribution in [-0.4, -0.2) is 23.3 Å². The smallest absolute Gasteiger partial charge is 0.262 e. The van der Waals surface area contributed by atoms with Gasteiger partial charge in [0, 0.05) is 30.3 Å². The zero-order valence-corrected chi connectivity index (χ0v) is 16.5. The van der Waals surface area contributed by atoms with E-state index in [4.69, 9.17) is 0 Å². The van der Waals surface area contributed by atoms with Crippen LogP contribution in [0.1, 0.15) is 42.9 Å². The second-order valence-corrected chi connectivity index (χ2v) is 8.81. The third-order valence-corrected chi connectivity index (χ3v) is 5.31. The number of thiophene rings is 1. The van der Waals surface area contributed by atoms with Crippen LogP contribution in [0.5, 0.6) is 0 Å². The molecule has 0 aliphatic rings. The topological polar surface area (TPSA) is 71.1 Å². The minimum absolute atomic E-state index is 0.0268. The van der Waals surface area contributed by atoms with E-state index >= 15 is 0 Å². The van der Waals surface area contributed by atoms with Gasteiger partial charge in [-0.15, -0.1) is 23.1 Å². The molecule has 7 heteroatoms. The molecule has 0 saturated heterocycles. The maximum absolute atomic E-state index is 12.4. The molecule has 2 rings (SSSR count). The molecule has 25 heavy (non-hydrogen) atoms. The highest BCUT2D eigenvalue weighted by Gasteiger charge is 2.17. The van der Waals surface area contributed by atoms with Crippen LogP contribution < -0.4 is 10.6 Å². The molecule has 0 fully saturated rings. The lowest BCUT2D eigenvalue weighted by atomic mass is 9.97. The Hall–Kier alpha value is -1.86. The van der Waals surface area contributed by atoms with Crippen molar-refractivity contribution in [2.45, 2.75) is 38.3 Å². The van der Waals surface area contributed by atoms with Gasteiger partial charge in [0.25, 0.3) is 5.91 Å². The first-order valence-corrected chi connectivity index (χ1v) is 9.82. The molecule has 5 nitrogen and oxygen atoms in total. The SMILES string of the molecule is CC(=O)Nc1cc(CSc2ccsc2C(=O)NCC(C)(C)C)ccn1. The summed E-state index contributed by atoms with van der Waals surface area (Å²) in [6.07, 6.45) is 1.67. The number of hydrogen-bond acceptors (Lipinski definition) is 5. The number of carbonyl (C=O) groups excluding carboxylic acids is 2. The molecule has 2 aromatic rings. The van der Waals surface area contributed by atoms with Crippen molar-refractivity contribution in [2.75, 3.05) is 11.9 Å². The van der Waals surface area contributed by atoms with Gasteiger partial charge >= 0.3 is 0 Å². The average molecular weight is 378 g/mol.